The third kappa shape index (κ3) is 2.11. The Kier molecular flexibility index (Phi) is 2.41. The number of hydrogen-bond acceptors (Lipinski definition) is 1. The summed E-state index contributed by atoms with van der Waals surface area (Å²) in [6, 6.07) is 5.56. The monoisotopic (exact) mass is 212 g/mol. The van der Waals surface area contributed by atoms with Crippen molar-refractivity contribution in [3.05, 3.63) is 29.3 Å². The number of fused-ring (bicyclic) bond motifs is 1. The zero-order valence-corrected chi connectivity index (χ0v) is 8.89. The van der Waals surface area contributed by atoms with Gasteiger partial charge in [0.15, 0.2) is 6.61 Å². The minimum absolute atomic E-state index is 0.205. The van der Waals surface area contributed by atoms with E-state index in [1.54, 1.807) is 6.07 Å². The second kappa shape index (κ2) is 3.47. The van der Waals surface area contributed by atoms with E-state index in [2.05, 4.69) is 0 Å². The summed E-state index contributed by atoms with van der Waals surface area (Å²) in [5, 5.41) is 0. The van der Waals surface area contributed by atoms with Crippen molar-refractivity contribution >= 4 is 0 Å². The van der Waals surface area contributed by atoms with Gasteiger partial charge < -0.3 is 4.74 Å². The highest BCUT2D eigenvalue weighted by atomic mass is 19.3. The Balaban J connectivity index is 2.35. The smallest absolute Gasteiger partial charge is 0.285 e. The molecule has 0 unspecified atom stereocenters. The molecule has 1 aromatic rings. The maximum Gasteiger partial charge on any atom is 0.285 e. The summed E-state index contributed by atoms with van der Waals surface area (Å²) in [4.78, 5) is 0. The van der Waals surface area contributed by atoms with Gasteiger partial charge in [-0.3, -0.25) is 0 Å². The molecular weight excluding hydrogens is 198 g/mol. The van der Waals surface area contributed by atoms with Gasteiger partial charge in [-0.2, -0.15) is 0 Å². The fraction of sp³-hybridized carbons (Fsp3) is 0.500. The van der Waals surface area contributed by atoms with Crippen molar-refractivity contribution in [3.8, 4) is 5.75 Å². The highest BCUT2D eigenvalue weighted by Crippen LogP contribution is 2.34. The van der Waals surface area contributed by atoms with Gasteiger partial charge in [-0.15, -0.1) is 0 Å². The number of rotatable bonds is 1. The van der Waals surface area contributed by atoms with Crippen molar-refractivity contribution in [3.63, 3.8) is 0 Å². The SMILES string of the molecule is CC(C)c1ccc2c(c1)CC(F)(F)CO2. The third-order valence-corrected chi connectivity index (χ3v) is 2.64. The van der Waals surface area contributed by atoms with Crippen molar-refractivity contribution in [2.24, 2.45) is 0 Å². The van der Waals surface area contributed by atoms with Crippen LogP contribution >= 0.6 is 0 Å². The second-order valence-electron chi connectivity index (χ2n) is 4.34. The molecule has 2 rings (SSSR count). The zero-order chi connectivity index (χ0) is 11.1. The first-order valence-corrected chi connectivity index (χ1v) is 5.11. The van der Waals surface area contributed by atoms with E-state index in [1.807, 2.05) is 26.0 Å². The minimum Gasteiger partial charge on any atom is -0.487 e. The van der Waals surface area contributed by atoms with Gasteiger partial charge in [0.1, 0.15) is 5.75 Å². The van der Waals surface area contributed by atoms with E-state index in [0.29, 0.717) is 17.2 Å². The Bertz CT molecular complexity index is 372. The summed E-state index contributed by atoms with van der Waals surface area (Å²) in [7, 11) is 0. The molecule has 0 fully saturated rings. The highest BCUT2D eigenvalue weighted by Gasteiger charge is 2.35. The Labute approximate surface area is 88.1 Å². The number of alkyl halides is 2. The van der Waals surface area contributed by atoms with Gasteiger partial charge in [0.05, 0.1) is 0 Å². The van der Waals surface area contributed by atoms with Crippen LogP contribution in [0.1, 0.15) is 30.9 Å². The van der Waals surface area contributed by atoms with Crippen LogP contribution in [-0.4, -0.2) is 12.5 Å². The summed E-state index contributed by atoms with van der Waals surface area (Å²) in [5.74, 6) is -1.76. The average Bonchev–Trinajstić information content (AvgIpc) is 2.15. The van der Waals surface area contributed by atoms with Crippen LogP contribution in [0.2, 0.25) is 0 Å². The van der Waals surface area contributed by atoms with Crippen LogP contribution in [0.3, 0.4) is 0 Å². The molecule has 0 aromatic heterocycles. The standard InChI is InChI=1S/C12H14F2O/c1-8(2)9-3-4-11-10(5-9)6-12(13,14)7-15-11/h3-5,8H,6-7H2,1-2H3. The van der Waals surface area contributed by atoms with Gasteiger partial charge in [0.25, 0.3) is 5.92 Å². The fourth-order valence-corrected chi connectivity index (χ4v) is 1.75. The Morgan fingerprint density at radius 3 is 2.73 bits per heavy atom. The lowest BCUT2D eigenvalue weighted by atomic mass is 9.96. The number of ether oxygens (including phenoxy) is 1. The normalized spacial score (nSPS) is 18.5. The molecule has 1 nitrogen and oxygen atoms in total. The van der Waals surface area contributed by atoms with Crippen LogP contribution in [0.4, 0.5) is 8.78 Å². The molecule has 3 heteroatoms. The molecule has 1 aromatic carbocycles. The molecule has 1 heterocycles. The molecule has 0 amide bonds. The van der Waals surface area contributed by atoms with E-state index in [1.165, 1.54) is 0 Å². The van der Waals surface area contributed by atoms with Crippen LogP contribution in [0.5, 0.6) is 5.75 Å². The van der Waals surface area contributed by atoms with Gasteiger partial charge in [0.2, 0.25) is 0 Å². The molecule has 0 saturated heterocycles. The minimum atomic E-state index is -2.72. The first kappa shape index (κ1) is 10.4. The van der Waals surface area contributed by atoms with E-state index < -0.39 is 12.5 Å². The molecule has 0 saturated carbocycles. The van der Waals surface area contributed by atoms with E-state index in [9.17, 15) is 8.78 Å². The molecule has 0 bridgehead atoms. The van der Waals surface area contributed by atoms with Crippen molar-refractivity contribution in [1.29, 1.82) is 0 Å². The zero-order valence-electron chi connectivity index (χ0n) is 8.89. The molecule has 0 spiro atoms. The van der Waals surface area contributed by atoms with Crippen LogP contribution in [0, 0.1) is 0 Å². The lowest BCUT2D eigenvalue weighted by Crippen LogP contribution is -2.32. The van der Waals surface area contributed by atoms with Crippen LogP contribution < -0.4 is 4.74 Å². The van der Waals surface area contributed by atoms with E-state index in [0.717, 1.165) is 5.56 Å². The van der Waals surface area contributed by atoms with E-state index in [-0.39, 0.29) is 6.42 Å². The maximum atomic E-state index is 13.1. The fourth-order valence-electron chi connectivity index (χ4n) is 1.75. The lowest BCUT2D eigenvalue weighted by Gasteiger charge is -2.25. The molecular formula is C12H14F2O. The average molecular weight is 212 g/mol. The molecule has 0 radical (unpaired) electrons. The Hall–Kier alpha value is -1.12. The first-order chi connectivity index (χ1) is 6.98. The molecule has 1 aliphatic heterocycles. The molecule has 15 heavy (non-hydrogen) atoms. The summed E-state index contributed by atoms with van der Waals surface area (Å²) in [6.07, 6.45) is -0.205. The molecule has 82 valence electrons. The van der Waals surface area contributed by atoms with Crippen LogP contribution in [-0.2, 0) is 6.42 Å². The second-order valence-corrected chi connectivity index (χ2v) is 4.34. The quantitative estimate of drug-likeness (QED) is 0.693. The van der Waals surface area contributed by atoms with E-state index >= 15 is 0 Å². The van der Waals surface area contributed by atoms with Crippen molar-refractivity contribution in [2.75, 3.05) is 6.61 Å². The Morgan fingerprint density at radius 1 is 1.33 bits per heavy atom. The van der Waals surface area contributed by atoms with Crippen LogP contribution in [0.25, 0.3) is 0 Å². The van der Waals surface area contributed by atoms with Crippen molar-refractivity contribution < 1.29 is 13.5 Å². The van der Waals surface area contributed by atoms with Crippen molar-refractivity contribution in [2.45, 2.75) is 32.1 Å². The Morgan fingerprint density at radius 2 is 2.07 bits per heavy atom. The molecule has 1 aliphatic rings. The highest BCUT2D eigenvalue weighted by molar-refractivity contribution is 5.40. The predicted molar refractivity (Wildman–Crippen MR) is 54.7 cm³/mol. The molecule has 0 N–H and O–H groups in total. The molecule has 0 atom stereocenters. The lowest BCUT2D eigenvalue weighted by molar-refractivity contribution is -0.0514. The van der Waals surface area contributed by atoms with Gasteiger partial charge >= 0.3 is 0 Å². The largest absolute Gasteiger partial charge is 0.487 e. The number of benzene rings is 1. The van der Waals surface area contributed by atoms with Gasteiger partial charge in [-0.05, 0) is 17.5 Å². The predicted octanol–water partition coefficient (Wildman–Crippen LogP) is 3.38. The maximum absolute atomic E-state index is 13.1. The van der Waals surface area contributed by atoms with Gasteiger partial charge in [-0.25, -0.2) is 8.78 Å². The van der Waals surface area contributed by atoms with Gasteiger partial charge in [-0.1, -0.05) is 26.0 Å². The van der Waals surface area contributed by atoms with Crippen molar-refractivity contribution in [1.82, 2.24) is 0 Å². The summed E-state index contributed by atoms with van der Waals surface area (Å²) >= 11 is 0. The van der Waals surface area contributed by atoms with E-state index in [4.69, 9.17) is 4.74 Å². The number of halogens is 2. The summed E-state index contributed by atoms with van der Waals surface area (Å²) in [5.41, 5.74) is 1.70. The summed E-state index contributed by atoms with van der Waals surface area (Å²) < 4.78 is 31.2. The first-order valence-electron chi connectivity index (χ1n) is 5.11. The summed E-state index contributed by atoms with van der Waals surface area (Å²) in [6.45, 7) is 3.59. The third-order valence-electron chi connectivity index (χ3n) is 2.64. The van der Waals surface area contributed by atoms with Crippen LogP contribution in [0.15, 0.2) is 18.2 Å². The topological polar surface area (TPSA) is 9.23 Å². The van der Waals surface area contributed by atoms with Gasteiger partial charge in [0, 0.05) is 12.0 Å². The number of hydrogen-bond donors (Lipinski definition) is 0. The molecule has 0 aliphatic carbocycles.